The van der Waals surface area contributed by atoms with Crippen molar-refractivity contribution in [1.82, 2.24) is 0 Å². The molecule has 0 radical (unpaired) electrons. The lowest BCUT2D eigenvalue weighted by molar-refractivity contribution is -0.157. The maximum absolute atomic E-state index is 13.3. The number of hydrogen-bond donors (Lipinski definition) is 1. The molecule has 1 amide bonds. The Morgan fingerprint density at radius 1 is 0.917 bits per heavy atom. The van der Waals surface area contributed by atoms with Gasteiger partial charge in [0, 0.05) is 28.2 Å². The van der Waals surface area contributed by atoms with Crippen LogP contribution in [0, 0.1) is 12.8 Å². The molecule has 4 aromatic rings. The minimum Gasteiger partial charge on any atom is -0.755 e. The summed E-state index contributed by atoms with van der Waals surface area (Å²) in [7, 11) is 1.29. The second kappa shape index (κ2) is 14.2. The molecule has 11 nitrogen and oxygen atoms in total. The predicted molar refractivity (Wildman–Crippen MR) is 183 cm³/mol. The third kappa shape index (κ3) is 8.06. The zero-order valence-corrected chi connectivity index (χ0v) is 29.4. The van der Waals surface area contributed by atoms with Crippen LogP contribution >= 0.6 is 0 Å². The molecular formula is C36H41N2O9S-. The minimum atomic E-state index is -2.74. The van der Waals surface area contributed by atoms with Crippen LogP contribution in [0.15, 0.2) is 71.1 Å². The van der Waals surface area contributed by atoms with Gasteiger partial charge in [0.2, 0.25) is 0 Å². The summed E-state index contributed by atoms with van der Waals surface area (Å²) in [4.78, 5) is 38.4. The fourth-order valence-corrected chi connectivity index (χ4v) is 6.01. The van der Waals surface area contributed by atoms with Crippen LogP contribution in [0.1, 0.15) is 64.6 Å². The number of nitrogens with one attached hydrogen (secondary N) is 1. The molecule has 0 bridgehead atoms. The van der Waals surface area contributed by atoms with Crippen molar-refractivity contribution in [2.45, 2.75) is 72.6 Å². The van der Waals surface area contributed by atoms with E-state index in [2.05, 4.69) is 5.32 Å². The zero-order chi connectivity index (χ0) is 35.6. The average Bonchev–Trinajstić information content (AvgIpc) is 3.35. The molecule has 1 aromatic heterocycles. The van der Waals surface area contributed by atoms with Crippen molar-refractivity contribution in [3.8, 4) is 16.9 Å². The second-order valence-electron chi connectivity index (χ2n) is 13.1. The summed E-state index contributed by atoms with van der Waals surface area (Å²) in [6, 6.07) is 18.0. The maximum Gasteiger partial charge on any atom is 0.349 e. The number of amides is 1. The number of carbonyl (C=O) groups is 3. The fraction of sp³-hybridized carbons (Fsp3) is 0.361. The third-order valence-corrected chi connectivity index (χ3v) is 8.21. The molecule has 0 aliphatic rings. The lowest BCUT2D eigenvalue weighted by atomic mass is 10.0. The number of rotatable bonds is 11. The highest BCUT2D eigenvalue weighted by Gasteiger charge is 2.35. The topological polar surface area (TPSA) is 147 Å². The number of anilines is 2. The molecule has 1 N–H and O–H groups in total. The molecular weight excluding hydrogens is 636 g/mol. The number of benzene rings is 3. The average molecular weight is 678 g/mol. The van der Waals surface area contributed by atoms with Crippen LogP contribution in [0.25, 0.3) is 22.1 Å². The summed E-state index contributed by atoms with van der Waals surface area (Å²) in [5.41, 5.74) is 1.40. The van der Waals surface area contributed by atoms with Crippen molar-refractivity contribution >= 4 is 51.5 Å². The Bertz CT molecular complexity index is 1820. The molecule has 0 fully saturated rings. The minimum absolute atomic E-state index is 0.1000. The number of nitrogens with zero attached hydrogens (tertiary/aromatic N) is 1. The summed E-state index contributed by atoms with van der Waals surface area (Å²) >= 11 is -2.74. The quantitative estimate of drug-likeness (QED) is 0.131. The Morgan fingerprint density at radius 3 is 2.02 bits per heavy atom. The number of furan rings is 1. The van der Waals surface area contributed by atoms with Gasteiger partial charge in [0.15, 0.2) is 11.4 Å². The first kappa shape index (κ1) is 36.2. The van der Waals surface area contributed by atoms with Crippen molar-refractivity contribution in [3.05, 3.63) is 78.1 Å². The number of methoxy groups -OCH3 is 1. The fourth-order valence-electron chi connectivity index (χ4n) is 5.20. The van der Waals surface area contributed by atoms with Gasteiger partial charge in [-0.25, -0.2) is 9.59 Å². The predicted octanol–water partition coefficient (Wildman–Crippen LogP) is 6.96. The number of aryl methyl sites for hydroxylation is 1. The molecule has 0 saturated carbocycles. The zero-order valence-electron chi connectivity index (χ0n) is 28.5. The summed E-state index contributed by atoms with van der Waals surface area (Å²) < 4.78 is 47.9. The molecule has 1 heterocycles. The molecule has 256 valence electrons. The van der Waals surface area contributed by atoms with Gasteiger partial charge in [-0.1, -0.05) is 44.2 Å². The molecule has 2 unspecified atom stereocenters. The molecule has 0 saturated heterocycles. The maximum atomic E-state index is 13.3. The van der Waals surface area contributed by atoms with Gasteiger partial charge in [-0.15, -0.1) is 0 Å². The van der Waals surface area contributed by atoms with E-state index in [0.29, 0.717) is 33.7 Å². The smallest absolute Gasteiger partial charge is 0.349 e. The molecule has 2 atom stereocenters. The number of fused-ring (bicyclic) bond motifs is 1. The first-order chi connectivity index (χ1) is 22.4. The van der Waals surface area contributed by atoms with Gasteiger partial charge >= 0.3 is 11.9 Å². The van der Waals surface area contributed by atoms with E-state index in [1.165, 1.54) is 7.11 Å². The van der Waals surface area contributed by atoms with Crippen molar-refractivity contribution < 1.29 is 41.8 Å². The largest absolute Gasteiger partial charge is 0.755 e. The van der Waals surface area contributed by atoms with E-state index in [0.717, 1.165) is 15.4 Å². The van der Waals surface area contributed by atoms with E-state index < -0.39 is 46.4 Å². The molecule has 48 heavy (non-hydrogen) atoms. The van der Waals surface area contributed by atoms with Crippen LogP contribution in [-0.2, 0) is 30.3 Å². The summed E-state index contributed by atoms with van der Waals surface area (Å²) in [6.45, 7) is 13.6. The summed E-state index contributed by atoms with van der Waals surface area (Å²) in [6.07, 6.45) is 0. The van der Waals surface area contributed by atoms with Crippen LogP contribution in [0.3, 0.4) is 0 Å². The Kier molecular flexibility index (Phi) is 10.7. The first-order valence-corrected chi connectivity index (χ1v) is 16.4. The van der Waals surface area contributed by atoms with Crippen LogP contribution in [-0.4, -0.2) is 51.0 Å². The van der Waals surface area contributed by atoms with Crippen LogP contribution in [0.2, 0.25) is 0 Å². The Balaban J connectivity index is 1.52. The summed E-state index contributed by atoms with van der Waals surface area (Å²) in [5, 5.41) is 3.43. The van der Waals surface area contributed by atoms with Crippen LogP contribution in [0.4, 0.5) is 11.4 Å². The Morgan fingerprint density at radius 2 is 1.50 bits per heavy atom. The third-order valence-electron chi connectivity index (χ3n) is 7.45. The van der Waals surface area contributed by atoms with Gasteiger partial charge in [-0.3, -0.25) is 13.3 Å². The van der Waals surface area contributed by atoms with Crippen molar-refractivity contribution in [1.29, 1.82) is 0 Å². The van der Waals surface area contributed by atoms with E-state index in [4.69, 9.17) is 18.6 Å². The highest BCUT2D eigenvalue weighted by molar-refractivity contribution is 7.80. The van der Waals surface area contributed by atoms with Gasteiger partial charge in [0.1, 0.15) is 23.0 Å². The molecule has 0 aliphatic carbocycles. The molecule has 0 aliphatic heterocycles. The standard InChI is InChI=1S/C36H42N2O9S/c1-21(2)30(33(40)47-35(4,5)6)38(48(42)43)26-19-15-24(16-20-26)23-13-17-25(18-14-23)37-32(39)31-22(3)29-27(45-31)11-10-12-28(29)46-36(7,8)34(41)44-9/h10-21,30H,1-9H3,(H,37,39)(H,42,43)/p-1. The van der Waals surface area contributed by atoms with Gasteiger partial charge in [-0.2, -0.15) is 0 Å². The van der Waals surface area contributed by atoms with E-state index in [9.17, 15) is 23.1 Å². The number of ether oxygens (including phenoxy) is 3. The molecule has 12 heteroatoms. The number of esters is 2. The highest BCUT2D eigenvalue weighted by Crippen LogP contribution is 2.36. The monoisotopic (exact) mass is 677 g/mol. The Labute approximate surface area is 283 Å². The second-order valence-corrected chi connectivity index (χ2v) is 14.0. The van der Waals surface area contributed by atoms with Gasteiger partial charge in [0.25, 0.3) is 5.91 Å². The van der Waals surface area contributed by atoms with Gasteiger partial charge in [-0.05, 0) is 95.0 Å². The van der Waals surface area contributed by atoms with Gasteiger partial charge < -0.3 is 28.5 Å². The van der Waals surface area contributed by atoms with Crippen LogP contribution in [0.5, 0.6) is 5.75 Å². The Hall–Kier alpha value is -4.68. The lowest BCUT2D eigenvalue weighted by Crippen LogP contribution is -2.48. The number of carbonyl (C=O) groups excluding carboxylic acids is 3. The molecule has 4 rings (SSSR count). The normalized spacial score (nSPS) is 13.1. The van der Waals surface area contributed by atoms with Gasteiger partial charge in [0.05, 0.1) is 12.5 Å². The first-order valence-electron chi connectivity index (χ1n) is 15.4. The van der Waals surface area contributed by atoms with E-state index in [1.54, 1.807) is 110 Å². The van der Waals surface area contributed by atoms with Crippen molar-refractivity contribution in [2.75, 3.05) is 16.7 Å². The van der Waals surface area contributed by atoms with Crippen molar-refractivity contribution in [3.63, 3.8) is 0 Å². The van der Waals surface area contributed by atoms with Crippen LogP contribution < -0.4 is 14.4 Å². The lowest BCUT2D eigenvalue weighted by Gasteiger charge is -2.36. The SMILES string of the molecule is COC(=O)C(C)(C)Oc1cccc2oc(C(=O)Nc3ccc(-c4ccc(N(C(C(=O)OC(C)(C)C)C(C)C)S(=O)[O-])cc4)cc3)c(C)c12. The summed E-state index contributed by atoms with van der Waals surface area (Å²) in [5.74, 6) is -1.50. The highest BCUT2D eigenvalue weighted by atomic mass is 32.2. The van der Waals surface area contributed by atoms with Crippen molar-refractivity contribution in [2.24, 2.45) is 5.92 Å². The van der Waals surface area contributed by atoms with E-state index >= 15 is 0 Å². The van der Waals surface area contributed by atoms with E-state index in [-0.39, 0.29) is 11.7 Å². The molecule has 3 aromatic carbocycles. The molecule has 0 spiro atoms. The number of hydrogen-bond acceptors (Lipinski definition) is 9. The van der Waals surface area contributed by atoms with E-state index in [1.807, 2.05) is 12.1 Å².